The van der Waals surface area contributed by atoms with Crippen LogP contribution in [0.3, 0.4) is 0 Å². The summed E-state index contributed by atoms with van der Waals surface area (Å²) in [5.74, 6) is 1.59. The van der Waals surface area contributed by atoms with Gasteiger partial charge in [0.2, 0.25) is 0 Å². The third-order valence-corrected chi connectivity index (χ3v) is 3.08. The summed E-state index contributed by atoms with van der Waals surface area (Å²) in [7, 11) is 1.55. The van der Waals surface area contributed by atoms with Gasteiger partial charge >= 0.3 is 0 Å². The Balaban J connectivity index is 2.36. The lowest BCUT2D eigenvalue weighted by atomic mass is 10.3. The van der Waals surface area contributed by atoms with Crippen molar-refractivity contribution >= 4 is 33.2 Å². The van der Waals surface area contributed by atoms with Crippen LogP contribution in [0.2, 0.25) is 5.02 Å². The highest BCUT2D eigenvalue weighted by atomic mass is 79.9. The molecular formula is C12H10BrClN2O2. The number of pyridine rings is 1. The highest BCUT2D eigenvalue weighted by Crippen LogP contribution is 2.37. The average Bonchev–Trinajstić information content (AvgIpc) is 2.33. The molecule has 0 bridgehead atoms. The van der Waals surface area contributed by atoms with Crippen molar-refractivity contribution in [2.75, 3.05) is 12.8 Å². The van der Waals surface area contributed by atoms with Crippen molar-refractivity contribution in [3.05, 3.63) is 40.1 Å². The average molecular weight is 330 g/mol. The fraction of sp³-hybridized carbons (Fsp3) is 0.0833. The van der Waals surface area contributed by atoms with Crippen molar-refractivity contribution < 1.29 is 9.47 Å². The molecule has 0 fully saturated rings. The minimum absolute atomic E-state index is 0.501. The molecule has 0 aliphatic heterocycles. The van der Waals surface area contributed by atoms with Crippen LogP contribution in [0.15, 0.2) is 35.1 Å². The number of rotatable bonds is 3. The van der Waals surface area contributed by atoms with Crippen molar-refractivity contribution in [1.29, 1.82) is 0 Å². The van der Waals surface area contributed by atoms with Crippen molar-refractivity contribution in [1.82, 2.24) is 4.98 Å². The summed E-state index contributed by atoms with van der Waals surface area (Å²) in [6, 6.07) is 5.07. The first kappa shape index (κ1) is 13.0. The lowest BCUT2D eigenvalue weighted by molar-refractivity contribution is 0.378. The standard InChI is InChI=1S/C12H10BrClN2O2/c1-17-11-4-10(15)9(13)3-12(11)18-8-2-7(14)5-16-6-8/h2-6H,15H2,1H3. The zero-order valence-electron chi connectivity index (χ0n) is 9.48. The molecule has 0 atom stereocenters. The number of benzene rings is 1. The number of nitrogens with zero attached hydrogens (tertiary/aromatic N) is 1. The number of anilines is 1. The summed E-state index contributed by atoms with van der Waals surface area (Å²) >= 11 is 9.17. The van der Waals surface area contributed by atoms with Crippen molar-refractivity contribution in [2.45, 2.75) is 0 Å². The molecule has 2 N–H and O–H groups in total. The smallest absolute Gasteiger partial charge is 0.170 e. The van der Waals surface area contributed by atoms with Crippen LogP contribution in [0.25, 0.3) is 0 Å². The maximum absolute atomic E-state index is 5.84. The number of methoxy groups -OCH3 is 1. The van der Waals surface area contributed by atoms with Crippen LogP contribution in [0, 0.1) is 0 Å². The Hall–Kier alpha value is -1.46. The Labute approximate surface area is 118 Å². The van der Waals surface area contributed by atoms with E-state index in [0.717, 1.165) is 4.47 Å². The van der Waals surface area contributed by atoms with E-state index in [1.54, 1.807) is 31.5 Å². The van der Waals surface area contributed by atoms with Gasteiger partial charge in [0.15, 0.2) is 11.5 Å². The molecule has 0 unspecified atom stereocenters. The predicted octanol–water partition coefficient (Wildman–Crippen LogP) is 3.88. The van der Waals surface area contributed by atoms with Crippen LogP contribution >= 0.6 is 27.5 Å². The summed E-state index contributed by atoms with van der Waals surface area (Å²) in [4.78, 5) is 3.94. The second kappa shape index (κ2) is 5.46. The highest BCUT2D eigenvalue weighted by molar-refractivity contribution is 9.10. The van der Waals surface area contributed by atoms with E-state index in [1.807, 2.05) is 0 Å². The van der Waals surface area contributed by atoms with Crippen LogP contribution in [-0.4, -0.2) is 12.1 Å². The summed E-state index contributed by atoms with van der Waals surface area (Å²) in [5.41, 5.74) is 6.34. The Morgan fingerprint density at radius 1 is 1.22 bits per heavy atom. The molecule has 18 heavy (non-hydrogen) atoms. The van der Waals surface area contributed by atoms with E-state index < -0.39 is 0 Å². The fourth-order valence-corrected chi connectivity index (χ4v) is 1.85. The van der Waals surface area contributed by atoms with E-state index >= 15 is 0 Å². The molecule has 0 saturated heterocycles. The van der Waals surface area contributed by atoms with E-state index in [9.17, 15) is 0 Å². The number of ether oxygens (including phenoxy) is 2. The van der Waals surface area contributed by atoms with Crippen molar-refractivity contribution in [2.24, 2.45) is 0 Å². The molecule has 1 aromatic heterocycles. The Morgan fingerprint density at radius 2 is 2.00 bits per heavy atom. The van der Waals surface area contributed by atoms with Gasteiger partial charge in [-0.3, -0.25) is 4.98 Å². The van der Waals surface area contributed by atoms with Crippen molar-refractivity contribution in [3.8, 4) is 17.2 Å². The maximum atomic E-state index is 5.84. The van der Waals surface area contributed by atoms with E-state index in [4.69, 9.17) is 26.8 Å². The fourth-order valence-electron chi connectivity index (χ4n) is 1.37. The van der Waals surface area contributed by atoms with Gasteiger partial charge in [-0.25, -0.2) is 0 Å². The number of nitrogen functional groups attached to an aromatic ring is 1. The number of hydrogen-bond acceptors (Lipinski definition) is 4. The highest BCUT2D eigenvalue weighted by Gasteiger charge is 2.10. The van der Waals surface area contributed by atoms with E-state index in [-0.39, 0.29) is 0 Å². The van der Waals surface area contributed by atoms with Gasteiger partial charge in [-0.05, 0) is 15.9 Å². The molecule has 94 valence electrons. The quantitative estimate of drug-likeness (QED) is 0.868. The molecule has 0 aliphatic rings. The molecule has 2 aromatic rings. The van der Waals surface area contributed by atoms with E-state index in [0.29, 0.717) is 28.0 Å². The Bertz CT molecular complexity index is 578. The van der Waals surface area contributed by atoms with Gasteiger partial charge in [0.1, 0.15) is 5.75 Å². The van der Waals surface area contributed by atoms with Gasteiger partial charge in [0.05, 0.1) is 18.3 Å². The summed E-state index contributed by atoms with van der Waals surface area (Å²) in [6.07, 6.45) is 3.10. The molecule has 1 aromatic carbocycles. The molecule has 1 heterocycles. The van der Waals surface area contributed by atoms with Gasteiger partial charge in [-0.15, -0.1) is 0 Å². The minimum atomic E-state index is 0.501. The molecule has 4 nitrogen and oxygen atoms in total. The van der Waals surface area contributed by atoms with Gasteiger partial charge < -0.3 is 15.2 Å². The zero-order valence-corrected chi connectivity index (χ0v) is 11.8. The summed E-state index contributed by atoms with van der Waals surface area (Å²) in [6.45, 7) is 0. The van der Waals surface area contributed by atoms with Crippen LogP contribution in [0.1, 0.15) is 0 Å². The second-order valence-corrected chi connectivity index (χ2v) is 4.76. The molecule has 0 saturated carbocycles. The molecule has 0 radical (unpaired) electrons. The van der Waals surface area contributed by atoms with Crippen LogP contribution in [0.5, 0.6) is 17.2 Å². The normalized spacial score (nSPS) is 10.2. The number of halogens is 2. The molecule has 0 spiro atoms. The van der Waals surface area contributed by atoms with E-state index in [1.165, 1.54) is 6.20 Å². The molecule has 2 rings (SSSR count). The van der Waals surface area contributed by atoms with Gasteiger partial charge in [-0.1, -0.05) is 11.6 Å². The number of hydrogen-bond donors (Lipinski definition) is 1. The molecule has 6 heteroatoms. The lowest BCUT2D eigenvalue weighted by Gasteiger charge is -2.12. The third kappa shape index (κ3) is 2.86. The largest absolute Gasteiger partial charge is 0.493 e. The van der Waals surface area contributed by atoms with Crippen molar-refractivity contribution in [3.63, 3.8) is 0 Å². The topological polar surface area (TPSA) is 57.4 Å². The lowest BCUT2D eigenvalue weighted by Crippen LogP contribution is -1.94. The summed E-state index contributed by atoms with van der Waals surface area (Å²) < 4.78 is 11.6. The Morgan fingerprint density at radius 3 is 2.67 bits per heavy atom. The number of nitrogens with two attached hydrogens (primary N) is 1. The van der Waals surface area contributed by atoms with Gasteiger partial charge in [-0.2, -0.15) is 0 Å². The molecular weight excluding hydrogens is 320 g/mol. The first-order valence-corrected chi connectivity index (χ1v) is 6.18. The second-order valence-electron chi connectivity index (χ2n) is 3.47. The zero-order chi connectivity index (χ0) is 13.1. The Kier molecular flexibility index (Phi) is 3.93. The SMILES string of the molecule is COc1cc(N)c(Br)cc1Oc1cncc(Cl)c1. The van der Waals surface area contributed by atoms with Crippen LogP contribution in [0.4, 0.5) is 5.69 Å². The summed E-state index contributed by atoms with van der Waals surface area (Å²) in [5, 5.41) is 0.501. The number of aromatic nitrogens is 1. The van der Waals surface area contributed by atoms with Crippen LogP contribution in [-0.2, 0) is 0 Å². The molecule has 0 aliphatic carbocycles. The first-order valence-electron chi connectivity index (χ1n) is 5.01. The maximum Gasteiger partial charge on any atom is 0.170 e. The molecule has 0 amide bonds. The monoisotopic (exact) mass is 328 g/mol. The first-order chi connectivity index (χ1) is 8.60. The van der Waals surface area contributed by atoms with Gasteiger partial charge in [0, 0.05) is 34.6 Å². The van der Waals surface area contributed by atoms with E-state index in [2.05, 4.69) is 20.9 Å². The third-order valence-electron chi connectivity index (χ3n) is 2.19. The van der Waals surface area contributed by atoms with Gasteiger partial charge in [0.25, 0.3) is 0 Å². The minimum Gasteiger partial charge on any atom is -0.493 e. The predicted molar refractivity (Wildman–Crippen MR) is 74.4 cm³/mol. The van der Waals surface area contributed by atoms with Crippen LogP contribution < -0.4 is 15.2 Å².